The minimum atomic E-state index is 0.239. The van der Waals surface area contributed by atoms with Gasteiger partial charge in [-0.05, 0) is 60.0 Å². The molecule has 0 amide bonds. The van der Waals surface area contributed by atoms with E-state index in [1.807, 2.05) is 24.3 Å². The van der Waals surface area contributed by atoms with Crippen LogP contribution in [0.25, 0.3) is 10.9 Å². The largest absolute Gasteiger partial charge is 0.497 e. The molecule has 2 heterocycles. The topological polar surface area (TPSA) is 37.0 Å². The second kappa shape index (κ2) is 6.92. The van der Waals surface area contributed by atoms with Gasteiger partial charge in [-0.25, -0.2) is 0 Å². The number of H-pyrrole nitrogens is 1. The van der Waals surface area contributed by atoms with Crippen molar-refractivity contribution >= 4 is 28.2 Å². The molecule has 2 N–H and O–H groups in total. The Morgan fingerprint density at radius 3 is 2.64 bits per heavy atom. The molecule has 28 heavy (non-hydrogen) atoms. The molecule has 2 atom stereocenters. The summed E-state index contributed by atoms with van der Waals surface area (Å²) in [4.78, 5) is 3.62. The lowest BCUT2D eigenvalue weighted by molar-refractivity contribution is 0.413. The molecule has 1 aliphatic rings. The number of halogens is 1. The molecule has 140 valence electrons. The number of benzene rings is 3. The highest BCUT2D eigenvalue weighted by Crippen LogP contribution is 2.45. The number of fused-ring (bicyclic) bond motifs is 2. The molecule has 0 fully saturated rings. The molecule has 1 aromatic heterocycles. The van der Waals surface area contributed by atoms with E-state index >= 15 is 0 Å². The van der Waals surface area contributed by atoms with Gasteiger partial charge in [0, 0.05) is 33.2 Å². The van der Waals surface area contributed by atoms with Crippen molar-refractivity contribution < 1.29 is 4.74 Å². The molecule has 5 rings (SSSR count). The van der Waals surface area contributed by atoms with Gasteiger partial charge in [-0.3, -0.25) is 0 Å². The second-order valence-corrected chi connectivity index (χ2v) is 7.74. The zero-order valence-corrected chi connectivity index (χ0v) is 16.3. The highest BCUT2D eigenvalue weighted by atomic mass is 35.5. The van der Waals surface area contributed by atoms with Crippen molar-refractivity contribution in [3.63, 3.8) is 0 Å². The van der Waals surface area contributed by atoms with Crippen molar-refractivity contribution in [1.82, 2.24) is 4.98 Å². The lowest BCUT2D eigenvalue weighted by Crippen LogP contribution is -2.22. The van der Waals surface area contributed by atoms with Crippen molar-refractivity contribution in [2.45, 2.75) is 18.4 Å². The Morgan fingerprint density at radius 2 is 1.82 bits per heavy atom. The summed E-state index contributed by atoms with van der Waals surface area (Å²) in [5.41, 5.74) is 6.02. The Labute approximate surface area is 169 Å². The van der Waals surface area contributed by atoms with Crippen LogP contribution < -0.4 is 10.1 Å². The zero-order chi connectivity index (χ0) is 19.1. The standard InChI is InChI=1S/C24H21ClN2O/c1-28-18-8-10-22-19(13-18)20(14-23(27-22)15-5-3-2-4-6-15)24-12-16-11-17(25)7-9-21(16)26-24/h2-13,20,23,26-27H,14H2,1H3/t20-,23-/m1/s1. The SMILES string of the molecule is COc1ccc2c(c1)[C@H](c1cc3cc(Cl)ccc3[nH]1)C[C@H](c1ccccc1)N2. The molecule has 0 saturated carbocycles. The summed E-state index contributed by atoms with van der Waals surface area (Å²) in [6.07, 6.45) is 0.963. The average molecular weight is 389 g/mol. The first-order valence-electron chi connectivity index (χ1n) is 9.49. The molecule has 0 radical (unpaired) electrons. The number of aromatic amines is 1. The van der Waals surface area contributed by atoms with Crippen LogP contribution in [-0.4, -0.2) is 12.1 Å². The van der Waals surface area contributed by atoms with E-state index < -0.39 is 0 Å². The number of nitrogens with one attached hydrogen (secondary N) is 2. The Balaban J connectivity index is 1.63. The minimum absolute atomic E-state index is 0.239. The summed E-state index contributed by atoms with van der Waals surface area (Å²) >= 11 is 6.20. The Hall–Kier alpha value is -2.91. The van der Waals surface area contributed by atoms with Gasteiger partial charge in [0.2, 0.25) is 0 Å². The third kappa shape index (κ3) is 3.02. The van der Waals surface area contributed by atoms with Crippen molar-refractivity contribution in [3.05, 3.63) is 94.6 Å². The molecule has 1 aliphatic heterocycles. The highest BCUT2D eigenvalue weighted by molar-refractivity contribution is 6.31. The molecule has 0 spiro atoms. The van der Waals surface area contributed by atoms with Crippen LogP contribution >= 0.6 is 11.6 Å². The van der Waals surface area contributed by atoms with Gasteiger partial charge in [0.05, 0.1) is 13.2 Å². The summed E-state index contributed by atoms with van der Waals surface area (Å²) in [5.74, 6) is 1.12. The summed E-state index contributed by atoms with van der Waals surface area (Å²) in [7, 11) is 1.71. The van der Waals surface area contributed by atoms with E-state index in [9.17, 15) is 0 Å². The number of rotatable bonds is 3. The Kier molecular flexibility index (Phi) is 4.25. The molecule has 4 heteroatoms. The fraction of sp³-hybridized carbons (Fsp3) is 0.167. The normalized spacial score (nSPS) is 18.5. The third-order valence-corrected chi connectivity index (χ3v) is 5.85. The summed E-state index contributed by atoms with van der Waals surface area (Å²) in [6.45, 7) is 0. The fourth-order valence-corrected chi connectivity index (χ4v) is 4.39. The molecule has 3 aromatic carbocycles. The molecular formula is C24H21ClN2O. The van der Waals surface area contributed by atoms with E-state index in [4.69, 9.17) is 16.3 Å². The fourth-order valence-electron chi connectivity index (χ4n) is 4.21. The minimum Gasteiger partial charge on any atom is -0.497 e. The molecular weight excluding hydrogens is 368 g/mol. The first kappa shape index (κ1) is 17.2. The van der Waals surface area contributed by atoms with Crippen molar-refractivity contribution in [1.29, 1.82) is 0 Å². The van der Waals surface area contributed by atoms with Gasteiger partial charge in [-0.2, -0.15) is 0 Å². The Bertz CT molecular complexity index is 1140. The zero-order valence-electron chi connectivity index (χ0n) is 15.6. The number of aromatic nitrogens is 1. The maximum atomic E-state index is 6.20. The average Bonchev–Trinajstić information content (AvgIpc) is 3.16. The highest BCUT2D eigenvalue weighted by Gasteiger charge is 2.30. The van der Waals surface area contributed by atoms with Gasteiger partial charge in [0.1, 0.15) is 5.75 Å². The first-order valence-corrected chi connectivity index (χ1v) is 9.86. The second-order valence-electron chi connectivity index (χ2n) is 7.31. The van der Waals surface area contributed by atoms with E-state index in [1.165, 1.54) is 16.8 Å². The van der Waals surface area contributed by atoms with Gasteiger partial charge in [0.25, 0.3) is 0 Å². The van der Waals surface area contributed by atoms with Gasteiger partial charge in [0.15, 0.2) is 0 Å². The van der Waals surface area contributed by atoms with Gasteiger partial charge in [-0.15, -0.1) is 0 Å². The predicted molar refractivity (Wildman–Crippen MR) is 116 cm³/mol. The van der Waals surface area contributed by atoms with Crippen LogP contribution in [0, 0.1) is 0 Å². The van der Waals surface area contributed by atoms with Gasteiger partial charge >= 0.3 is 0 Å². The molecule has 4 aromatic rings. The lowest BCUT2D eigenvalue weighted by atomic mass is 9.82. The van der Waals surface area contributed by atoms with Crippen molar-refractivity contribution in [2.75, 3.05) is 12.4 Å². The predicted octanol–water partition coefficient (Wildman–Crippen LogP) is 6.52. The number of methoxy groups -OCH3 is 1. The molecule has 0 unspecified atom stereocenters. The Morgan fingerprint density at radius 1 is 0.964 bits per heavy atom. The summed E-state index contributed by atoms with van der Waals surface area (Å²) in [6, 6.07) is 25.4. The van der Waals surface area contributed by atoms with E-state index in [0.717, 1.165) is 33.8 Å². The van der Waals surface area contributed by atoms with Crippen LogP contribution in [0.15, 0.2) is 72.8 Å². The van der Waals surface area contributed by atoms with Crippen LogP contribution in [0.2, 0.25) is 5.02 Å². The number of ether oxygens (including phenoxy) is 1. The number of hydrogen-bond acceptors (Lipinski definition) is 2. The summed E-state index contributed by atoms with van der Waals surface area (Å²) < 4.78 is 5.50. The first-order chi connectivity index (χ1) is 13.7. The van der Waals surface area contributed by atoms with Crippen LogP contribution in [-0.2, 0) is 0 Å². The van der Waals surface area contributed by atoms with Gasteiger partial charge in [-0.1, -0.05) is 41.9 Å². The number of hydrogen-bond donors (Lipinski definition) is 2. The smallest absolute Gasteiger partial charge is 0.119 e. The maximum Gasteiger partial charge on any atom is 0.119 e. The third-order valence-electron chi connectivity index (χ3n) is 5.62. The monoisotopic (exact) mass is 388 g/mol. The quantitative estimate of drug-likeness (QED) is 0.419. The summed E-state index contributed by atoms with van der Waals surface area (Å²) in [5, 5.41) is 5.61. The van der Waals surface area contributed by atoms with Crippen LogP contribution in [0.3, 0.4) is 0 Å². The van der Waals surface area contributed by atoms with Crippen LogP contribution in [0.5, 0.6) is 5.75 Å². The van der Waals surface area contributed by atoms with Crippen molar-refractivity contribution in [3.8, 4) is 5.75 Å². The number of anilines is 1. The molecule has 0 saturated heterocycles. The van der Waals surface area contributed by atoms with Crippen LogP contribution in [0.1, 0.15) is 35.2 Å². The van der Waals surface area contributed by atoms with E-state index in [2.05, 4.69) is 58.8 Å². The van der Waals surface area contributed by atoms with Crippen molar-refractivity contribution in [2.24, 2.45) is 0 Å². The lowest BCUT2D eigenvalue weighted by Gasteiger charge is -2.33. The van der Waals surface area contributed by atoms with E-state index in [0.29, 0.717) is 0 Å². The molecule has 0 bridgehead atoms. The molecule has 3 nitrogen and oxygen atoms in total. The van der Waals surface area contributed by atoms with E-state index in [1.54, 1.807) is 7.11 Å². The maximum absolute atomic E-state index is 6.20. The van der Waals surface area contributed by atoms with E-state index in [-0.39, 0.29) is 12.0 Å². The van der Waals surface area contributed by atoms with Crippen LogP contribution in [0.4, 0.5) is 5.69 Å². The molecule has 0 aliphatic carbocycles. The van der Waals surface area contributed by atoms with Gasteiger partial charge < -0.3 is 15.0 Å².